The van der Waals surface area contributed by atoms with Crippen molar-refractivity contribution < 1.29 is 27.4 Å². The molecule has 0 bridgehead atoms. The summed E-state index contributed by atoms with van der Waals surface area (Å²) in [6, 6.07) is 16.4. The minimum Gasteiger partial charge on any atom is -0.493 e. The molecule has 0 aliphatic carbocycles. The number of carbonyl (C=O) groups is 1. The molecule has 9 nitrogen and oxygen atoms in total. The summed E-state index contributed by atoms with van der Waals surface area (Å²) in [5.41, 5.74) is 4.20. The van der Waals surface area contributed by atoms with Crippen molar-refractivity contribution in [2.24, 2.45) is 5.10 Å². The third kappa shape index (κ3) is 6.35. The summed E-state index contributed by atoms with van der Waals surface area (Å²) >= 11 is 3.36. The van der Waals surface area contributed by atoms with Crippen LogP contribution in [0.25, 0.3) is 0 Å². The number of sulfonamides is 1. The number of aryl methyl sites for hydroxylation is 1. The predicted octanol–water partition coefficient (Wildman–Crippen LogP) is 4.13. The largest absolute Gasteiger partial charge is 0.493 e. The van der Waals surface area contributed by atoms with E-state index in [4.69, 9.17) is 14.2 Å². The van der Waals surface area contributed by atoms with Gasteiger partial charge >= 0.3 is 0 Å². The molecular weight excluding hydrogens is 550 g/mol. The van der Waals surface area contributed by atoms with Crippen LogP contribution >= 0.6 is 15.9 Å². The zero-order valence-corrected chi connectivity index (χ0v) is 22.6. The molecule has 0 atom stereocenters. The number of hydrogen-bond acceptors (Lipinski definition) is 7. The first-order valence-corrected chi connectivity index (χ1v) is 12.9. The minimum absolute atomic E-state index is 0.0711. The van der Waals surface area contributed by atoms with Gasteiger partial charge in [-0.1, -0.05) is 39.7 Å². The predicted molar refractivity (Wildman–Crippen MR) is 142 cm³/mol. The molecule has 1 N–H and O–H groups in total. The van der Waals surface area contributed by atoms with Crippen LogP contribution in [0.1, 0.15) is 11.1 Å². The van der Waals surface area contributed by atoms with Crippen LogP contribution in [0.4, 0.5) is 5.69 Å². The molecule has 3 aromatic carbocycles. The third-order valence-electron chi connectivity index (χ3n) is 5.08. The number of rotatable bonds is 10. The van der Waals surface area contributed by atoms with Crippen molar-refractivity contribution in [3.8, 4) is 17.2 Å². The first-order chi connectivity index (χ1) is 17.2. The number of ether oxygens (including phenoxy) is 3. The lowest BCUT2D eigenvalue weighted by Crippen LogP contribution is -2.39. The van der Waals surface area contributed by atoms with Crippen LogP contribution in [-0.4, -0.2) is 48.4 Å². The molecule has 190 valence electrons. The van der Waals surface area contributed by atoms with Gasteiger partial charge in [0.25, 0.3) is 15.9 Å². The number of anilines is 1. The van der Waals surface area contributed by atoms with Crippen molar-refractivity contribution in [1.29, 1.82) is 0 Å². The van der Waals surface area contributed by atoms with Gasteiger partial charge in [0.15, 0.2) is 11.5 Å². The number of hydrogen-bond donors (Lipinski definition) is 1. The molecule has 1 amide bonds. The zero-order valence-electron chi connectivity index (χ0n) is 20.2. The fourth-order valence-corrected chi connectivity index (χ4v) is 5.10. The van der Waals surface area contributed by atoms with E-state index in [2.05, 4.69) is 26.5 Å². The number of benzene rings is 3. The van der Waals surface area contributed by atoms with Crippen molar-refractivity contribution >= 4 is 43.8 Å². The molecular formula is C25H26BrN3O6S. The highest BCUT2D eigenvalue weighted by Gasteiger charge is 2.27. The molecule has 0 aromatic heterocycles. The van der Waals surface area contributed by atoms with E-state index < -0.39 is 22.5 Å². The van der Waals surface area contributed by atoms with Crippen molar-refractivity contribution in [2.45, 2.75) is 11.8 Å². The smallest absolute Gasteiger partial charge is 0.264 e. The number of nitrogens with one attached hydrogen (secondary N) is 1. The van der Waals surface area contributed by atoms with Gasteiger partial charge in [0, 0.05) is 10.0 Å². The van der Waals surface area contributed by atoms with Gasteiger partial charge in [0.1, 0.15) is 6.54 Å². The van der Waals surface area contributed by atoms with E-state index in [0.717, 1.165) is 9.87 Å². The highest BCUT2D eigenvalue weighted by Crippen LogP contribution is 2.37. The second kappa shape index (κ2) is 11.9. The lowest BCUT2D eigenvalue weighted by Gasteiger charge is -2.24. The lowest BCUT2D eigenvalue weighted by molar-refractivity contribution is -0.119. The van der Waals surface area contributed by atoms with Gasteiger partial charge in [-0.3, -0.25) is 9.10 Å². The highest BCUT2D eigenvalue weighted by molar-refractivity contribution is 9.10. The maximum absolute atomic E-state index is 13.4. The zero-order chi connectivity index (χ0) is 26.3. The fraction of sp³-hybridized carbons (Fsp3) is 0.200. The normalized spacial score (nSPS) is 11.2. The Bertz CT molecular complexity index is 1340. The standard InChI is InChI=1S/C25H26BrN3O6S/c1-17-8-10-21(11-9-17)36(31,32)29(20-7-5-6-19(26)14-20)16-24(30)28-27-15-18-12-22(33-2)25(35-4)23(13-18)34-3/h5-15H,16H2,1-4H3,(H,28,30)/b27-15+. The first-order valence-electron chi connectivity index (χ1n) is 10.7. The Morgan fingerprint density at radius 1 is 1.00 bits per heavy atom. The van der Waals surface area contributed by atoms with Crippen molar-refractivity contribution in [1.82, 2.24) is 5.43 Å². The van der Waals surface area contributed by atoms with Gasteiger partial charge < -0.3 is 14.2 Å². The average Bonchev–Trinajstić information content (AvgIpc) is 2.86. The summed E-state index contributed by atoms with van der Waals surface area (Å²) < 4.78 is 44.5. The van der Waals surface area contributed by atoms with Gasteiger partial charge in [-0.15, -0.1) is 0 Å². The fourth-order valence-electron chi connectivity index (χ4n) is 3.30. The Hall–Kier alpha value is -3.57. The van der Waals surface area contributed by atoms with Gasteiger partial charge in [-0.2, -0.15) is 5.10 Å². The van der Waals surface area contributed by atoms with Gasteiger partial charge in [-0.05, 0) is 49.4 Å². The van der Waals surface area contributed by atoms with E-state index in [1.54, 1.807) is 48.5 Å². The maximum Gasteiger partial charge on any atom is 0.264 e. The molecule has 3 rings (SSSR count). The monoisotopic (exact) mass is 575 g/mol. The van der Waals surface area contributed by atoms with Crippen LogP contribution in [-0.2, 0) is 14.8 Å². The van der Waals surface area contributed by atoms with Gasteiger partial charge in [0.05, 0.1) is 38.1 Å². The van der Waals surface area contributed by atoms with Crippen molar-refractivity contribution in [2.75, 3.05) is 32.2 Å². The molecule has 0 heterocycles. The van der Waals surface area contributed by atoms with Gasteiger partial charge in [0.2, 0.25) is 5.75 Å². The topological polar surface area (TPSA) is 107 Å². The van der Waals surface area contributed by atoms with E-state index in [1.165, 1.54) is 39.7 Å². The summed E-state index contributed by atoms with van der Waals surface area (Å²) in [5.74, 6) is 0.644. The Kier molecular flexibility index (Phi) is 8.94. The van der Waals surface area contributed by atoms with E-state index in [1.807, 2.05) is 6.92 Å². The molecule has 0 aliphatic heterocycles. The van der Waals surface area contributed by atoms with Crippen LogP contribution < -0.4 is 23.9 Å². The molecule has 0 spiro atoms. The SMILES string of the molecule is COc1cc(/C=N/NC(=O)CN(c2cccc(Br)c2)S(=O)(=O)c2ccc(C)cc2)cc(OC)c1OC. The number of carbonyl (C=O) groups excluding carboxylic acids is 1. The van der Waals surface area contributed by atoms with Crippen molar-refractivity contribution in [3.63, 3.8) is 0 Å². The molecule has 0 saturated carbocycles. The Labute approximate surface area is 218 Å². The van der Waals surface area contributed by atoms with Crippen LogP contribution in [0.5, 0.6) is 17.2 Å². The highest BCUT2D eigenvalue weighted by atomic mass is 79.9. The average molecular weight is 576 g/mol. The molecule has 0 saturated heterocycles. The summed E-state index contributed by atoms with van der Waals surface area (Å²) in [6.45, 7) is 1.38. The van der Waals surface area contributed by atoms with Gasteiger partial charge in [-0.25, -0.2) is 13.8 Å². The number of halogens is 1. The van der Waals surface area contributed by atoms with Crippen LogP contribution in [0.15, 0.2) is 75.1 Å². The number of amides is 1. The van der Waals surface area contributed by atoms with E-state index in [-0.39, 0.29) is 4.90 Å². The molecule has 11 heteroatoms. The molecule has 0 unspecified atom stereocenters. The number of methoxy groups -OCH3 is 3. The second-order valence-electron chi connectivity index (χ2n) is 7.56. The van der Waals surface area contributed by atoms with E-state index in [0.29, 0.717) is 33.0 Å². The molecule has 3 aromatic rings. The molecule has 36 heavy (non-hydrogen) atoms. The molecule has 0 aliphatic rings. The Morgan fingerprint density at radius 3 is 2.19 bits per heavy atom. The third-order valence-corrected chi connectivity index (χ3v) is 7.36. The van der Waals surface area contributed by atoms with Crippen LogP contribution in [0.2, 0.25) is 0 Å². The summed E-state index contributed by atoms with van der Waals surface area (Å²) in [5, 5.41) is 3.97. The number of hydrazone groups is 1. The first kappa shape index (κ1) is 27.0. The Morgan fingerprint density at radius 2 is 1.64 bits per heavy atom. The van der Waals surface area contributed by atoms with Crippen molar-refractivity contribution in [3.05, 3.63) is 76.3 Å². The van der Waals surface area contributed by atoms with E-state index in [9.17, 15) is 13.2 Å². The van der Waals surface area contributed by atoms with Crippen LogP contribution in [0.3, 0.4) is 0 Å². The van der Waals surface area contributed by atoms with Crippen LogP contribution in [0, 0.1) is 6.92 Å². The van der Waals surface area contributed by atoms with E-state index >= 15 is 0 Å². The summed E-state index contributed by atoms with van der Waals surface area (Å²) in [4.78, 5) is 12.8. The minimum atomic E-state index is -4.03. The number of nitrogens with zero attached hydrogens (tertiary/aromatic N) is 2. The quantitative estimate of drug-likeness (QED) is 0.288. The summed E-state index contributed by atoms with van der Waals surface area (Å²) in [6.07, 6.45) is 1.39. The second-order valence-corrected chi connectivity index (χ2v) is 10.3. The Balaban J connectivity index is 1.84. The lowest BCUT2D eigenvalue weighted by atomic mass is 10.2. The molecule has 0 radical (unpaired) electrons. The molecule has 0 fully saturated rings. The maximum atomic E-state index is 13.4. The summed E-state index contributed by atoms with van der Waals surface area (Å²) in [7, 11) is 0.445.